The lowest BCUT2D eigenvalue weighted by atomic mass is 9.93. The zero-order valence-electron chi connectivity index (χ0n) is 18.0. The van der Waals surface area contributed by atoms with Crippen LogP contribution in [0.1, 0.15) is 38.8 Å². The van der Waals surface area contributed by atoms with E-state index < -0.39 is 29.5 Å². The lowest BCUT2D eigenvalue weighted by Crippen LogP contribution is -2.40. The first kappa shape index (κ1) is 23.9. The van der Waals surface area contributed by atoms with Crippen LogP contribution in [0.4, 0.5) is 13.2 Å². The van der Waals surface area contributed by atoms with Crippen molar-refractivity contribution in [3.63, 3.8) is 0 Å². The quantitative estimate of drug-likeness (QED) is 0.548. The largest absolute Gasteiger partial charge is 0.463 e. The summed E-state index contributed by atoms with van der Waals surface area (Å²) in [4.78, 5) is 32.5. The van der Waals surface area contributed by atoms with E-state index in [1.807, 2.05) is 13.8 Å². The van der Waals surface area contributed by atoms with Gasteiger partial charge in [-0.2, -0.15) is 13.2 Å². The van der Waals surface area contributed by atoms with Crippen molar-refractivity contribution in [1.29, 1.82) is 0 Å². The molecule has 0 bridgehead atoms. The minimum atomic E-state index is -4.85. The first-order valence-electron chi connectivity index (χ1n) is 10.3. The first-order valence-corrected chi connectivity index (χ1v) is 11.2. The highest BCUT2D eigenvalue weighted by Gasteiger charge is 2.49. The van der Waals surface area contributed by atoms with Gasteiger partial charge in [-0.1, -0.05) is 42.1 Å². The summed E-state index contributed by atoms with van der Waals surface area (Å²) in [6, 6.07) is 7.28. The minimum absolute atomic E-state index is 0.0194. The highest BCUT2D eigenvalue weighted by Crippen LogP contribution is 2.48. The number of allylic oxidation sites excluding steroid dienone is 1. The molecular formula is C22H24F3N3O3S. The highest BCUT2D eigenvalue weighted by atomic mass is 32.2. The Balaban J connectivity index is 2.13. The number of amides is 1. The number of esters is 1. The standard InChI is InChI=1S/C22H24F3N3O3S/c1-4-27(5-2)16(29)12-15-13-32-21-26-19(22(23,24)25)17(20(30)31-6-3)18(28(15)21)14-10-8-7-9-11-14/h7-11,13,18H,4-6,12H2,1-3H3. The third kappa shape index (κ3) is 4.69. The highest BCUT2D eigenvalue weighted by molar-refractivity contribution is 8.16. The van der Waals surface area contributed by atoms with Gasteiger partial charge in [-0.05, 0) is 31.7 Å². The maximum Gasteiger partial charge on any atom is 0.434 e. The number of thioether (sulfide) groups is 1. The van der Waals surface area contributed by atoms with Crippen LogP contribution in [0, 0.1) is 0 Å². The van der Waals surface area contributed by atoms with Crippen LogP contribution < -0.4 is 0 Å². The molecule has 1 aromatic rings. The van der Waals surface area contributed by atoms with E-state index in [0.29, 0.717) is 24.4 Å². The van der Waals surface area contributed by atoms with Crippen LogP contribution in [0.25, 0.3) is 0 Å². The second kappa shape index (κ2) is 9.81. The number of hydrogen-bond acceptors (Lipinski definition) is 6. The van der Waals surface area contributed by atoms with E-state index in [4.69, 9.17) is 4.74 Å². The van der Waals surface area contributed by atoms with Gasteiger partial charge in [-0.15, -0.1) is 0 Å². The number of amidine groups is 1. The van der Waals surface area contributed by atoms with Gasteiger partial charge in [0.15, 0.2) is 10.9 Å². The van der Waals surface area contributed by atoms with Crippen LogP contribution in [0.3, 0.4) is 0 Å². The predicted molar refractivity (Wildman–Crippen MR) is 116 cm³/mol. The molecule has 0 N–H and O–H groups in total. The second-order valence-corrected chi connectivity index (χ2v) is 7.86. The first-order chi connectivity index (χ1) is 15.2. The molecule has 172 valence electrons. The fourth-order valence-electron chi connectivity index (χ4n) is 3.68. The van der Waals surface area contributed by atoms with E-state index in [1.54, 1.807) is 45.5 Å². The number of fused-ring (bicyclic) bond motifs is 1. The molecule has 2 heterocycles. The second-order valence-electron chi connectivity index (χ2n) is 7.03. The van der Waals surface area contributed by atoms with Crippen molar-refractivity contribution in [2.45, 2.75) is 39.4 Å². The van der Waals surface area contributed by atoms with E-state index >= 15 is 0 Å². The molecule has 0 saturated heterocycles. The normalized spacial score (nSPS) is 18.2. The monoisotopic (exact) mass is 467 g/mol. The van der Waals surface area contributed by atoms with Crippen molar-refractivity contribution >= 4 is 28.8 Å². The van der Waals surface area contributed by atoms with Crippen molar-refractivity contribution in [3.8, 4) is 0 Å². The van der Waals surface area contributed by atoms with Crippen LogP contribution >= 0.6 is 11.8 Å². The SMILES string of the molecule is CCOC(=O)C1=C(C(F)(F)F)N=C2SC=C(CC(=O)N(CC)CC)N2C1c1ccccc1. The number of aliphatic imine (C=N–C) groups is 1. The van der Waals surface area contributed by atoms with Crippen molar-refractivity contribution < 1.29 is 27.5 Å². The van der Waals surface area contributed by atoms with Gasteiger partial charge in [0, 0.05) is 18.8 Å². The van der Waals surface area contributed by atoms with Gasteiger partial charge < -0.3 is 14.5 Å². The summed E-state index contributed by atoms with van der Waals surface area (Å²) in [5.41, 5.74) is -0.901. The molecule has 6 nitrogen and oxygen atoms in total. The van der Waals surface area contributed by atoms with Crippen molar-refractivity contribution in [2.75, 3.05) is 19.7 Å². The van der Waals surface area contributed by atoms with E-state index in [9.17, 15) is 22.8 Å². The van der Waals surface area contributed by atoms with Crippen LogP contribution in [0.2, 0.25) is 0 Å². The van der Waals surface area contributed by atoms with Gasteiger partial charge in [0.25, 0.3) is 0 Å². The van der Waals surface area contributed by atoms with Gasteiger partial charge in [-0.3, -0.25) is 4.79 Å². The number of carbonyl (C=O) groups is 2. The molecule has 32 heavy (non-hydrogen) atoms. The molecule has 2 aliphatic rings. The summed E-state index contributed by atoms with van der Waals surface area (Å²) in [7, 11) is 0. The lowest BCUT2D eigenvalue weighted by molar-refractivity contribution is -0.140. The van der Waals surface area contributed by atoms with E-state index in [2.05, 4.69) is 4.99 Å². The fourth-order valence-corrected chi connectivity index (χ4v) is 4.60. The Morgan fingerprint density at radius 3 is 2.38 bits per heavy atom. The smallest absolute Gasteiger partial charge is 0.434 e. The number of nitrogens with zero attached hydrogens (tertiary/aromatic N) is 3. The summed E-state index contributed by atoms with van der Waals surface area (Å²) in [5, 5.41) is 1.69. The molecular weight excluding hydrogens is 443 g/mol. The van der Waals surface area contributed by atoms with Gasteiger partial charge in [0.1, 0.15) is 0 Å². The number of halogens is 3. The molecule has 10 heteroatoms. The maximum atomic E-state index is 14.0. The lowest BCUT2D eigenvalue weighted by Gasteiger charge is -2.37. The Hall–Kier alpha value is -2.75. The molecule has 1 amide bonds. The zero-order chi connectivity index (χ0) is 23.5. The minimum Gasteiger partial charge on any atom is -0.463 e. The summed E-state index contributed by atoms with van der Waals surface area (Å²) < 4.78 is 46.9. The Bertz CT molecular complexity index is 970. The molecule has 1 unspecified atom stereocenters. The average Bonchev–Trinajstić information content (AvgIpc) is 3.16. The van der Waals surface area contributed by atoms with Crippen LogP contribution in [0.5, 0.6) is 0 Å². The average molecular weight is 468 g/mol. The molecule has 3 rings (SSSR count). The predicted octanol–water partition coefficient (Wildman–Crippen LogP) is 4.63. The van der Waals surface area contributed by atoms with Gasteiger partial charge in [0.2, 0.25) is 5.91 Å². The molecule has 0 aromatic heterocycles. The number of rotatable bonds is 7. The Labute approximate surface area is 188 Å². The van der Waals surface area contributed by atoms with Crippen molar-refractivity contribution in [3.05, 3.63) is 58.3 Å². The Kier molecular flexibility index (Phi) is 7.33. The van der Waals surface area contributed by atoms with Gasteiger partial charge in [0.05, 0.1) is 24.6 Å². The molecule has 2 aliphatic heterocycles. The van der Waals surface area contributed by atoms with Crippen molar-refractivity contribution in [2.24, 2.45) is 4.99 Å². The third-order valence-electron chi connectivity index (χ3n) is 5.14. The number of alkyl halides is 3. The zero-order valence-corrected chi connectivity index (χ0v) is 18.8. The topological polar surface area (TPSA) is 62.2 Å². The van der Waals surface area contributed by atoms with Crippen LogP contribution in [-0.4, -0.2) is 52.7 Å². The number of hydrogen-bond donors (Lipinski definition) is 0. The van der Waals surface area contributed by atoms with E-state index in [-0.39, 0.29) is 24.1 Å². The molecule has 1 aromatic carbocycles. The van der Waals surface area contributed by atoms with Gasteiger partial charge in [-0.25, -0.2) is 9.79 Å². The summed E-state index contributed by atoms with van der Waals surface area (Å²) >= 11 is 1.01. The van der Waals surface area contributed by atoms with Crippen LogP contribution in [-0.2, 0) is 14.3 Å². The molecule has 1 atom stereocenters. The molecule has 0 fully saturated rings. The maximum absolute atomic E-state index is 14.0. The van der Waals surface area contributed by atoms with E-state index in [1.165, 1.54) is 6.92 Å². The number of ether oxygens (including phenoxy) is 1. The molecule has 0 spiro atoms. The fraction of sp³-hybridized carbons (Fsp3) is 0.409. The Morgan fingerprint density at radius 2 is 1.81 bits per heavy atom. The summed E-state index contributed by atoms with van der Waals surface area (Å²) in [6.07, 6.45) is -4.87. The Morgan fingerprint density at radius 1 is 1.16 bits per heavy atom. The van der Waals surface area contributed by atoms with E-state index in [0.717, 1.165) is 11.8 Å². The molecule has 0 saturated carbocycles. The third-order valence-corrected chi connectivity index (χ3v) is 6.03. The number of carbonyl (C=O) groups excluding carboxylic acids is 2. The summed E-state index contributed by atoms with van der Waals surface area (Å²) in [6.45, 7) is 6.20. The molecule has 0 aliphatic carbocycles. The summed E-state index contributed by atoms with van der Waals surface area (Å²) in [5.74, 6) is -1.24. The van der Waals surface area contributed by atoms with Gasteiger partial charge >= 0.3 is 12.1 Å². The van der Waals surface area contributed by atoms with Crippen LogP contribution in [0.15, 0.2) is 57.7 Å². The molecule has 0 radical (unpaired) electrons. The van der Waals surface area contributed by atoms with Crippen molar-refractivity contribution in [1.82, 2.24) is 9.80 Å². The number of benzene rings is 1.